The molecular weight excluding hydrogens is 212 g/mol. The summed E-state index contributed by atoms with van der Waals surface area (Å²) in [5.74, 6) is -0.494. The van der Waals surface area contributed by atoms with E-state index in [1.807, 2.05) is 0 Å². The molecule has 0 aromatic carbocycles. The van der Waals surface area contributed by atoms with Gasteiger partial charge in [-0.3, -0.25) is 4.79 Å². The highest BCUT2D eigenvalue weighted by Crippen LogP contribution is 2.41. The smallest absolute Gasteiger partial charge is 0.337 e. The van der Waals surface area contributed by atoms with Gasteiger partial charge in [0.25, 0.3) is 0 Å². The molecule has 2 rings (SSSR count). The second kappa shape index (κ2) is 4.25. The summed E-state index contributed by atoms with van der Waals surface area (Å²) in [6.07, 6.45) is 1.69. The van der Waals surface area contributed by atoms with Crippen LogP contribution < -0.4 is 0 Å². The van der Waals surface area contributed by atoms with Gasteiger partial charge in [0.2, 0.25) is 6.29 Å². The molecule has 1 heterocycles. The topological polar surface area (TPSA) is 61.8 Å². The summed E-state index contributed by atoms with van der Waals surface area (Å²) < 4.78 is 15.1. The van der Waals surface area contributed by atoms with Crippen LogP contribution in [-0.4, -0.2) is 32.3 Å². The number of methoxy groups -OCH3 is 2. The van der Waals surface area contributed by atoms with Crippen molar-refractivity contribution in [3.63, 3.8) is 0 Å². The molecule has 5 heteroatoms. The molecule has 0 amide bonds. The zero-order valence-corrected chi connectivity index (χ0v) is 9.26. The first-order valence-electron chi connectivity index (χ1n) is 5.15. The van der Waals surface area contributed by atoms with Crippen LogP contribution >= 0.6 is 0 Å². The van der Waals surface area contributed by atoms with Crippen LogP contribution in [0.4, 0.5) is 0 Å². The van der Waals surface area contributed by atoms with Crippen molar-refractivity contribution in [2.45, 2.75) is 19.1 Å². The van der Waals surface area contributed by atoms with Crippen molar-refractivity contribution >= 4 is 11.8 Å². The van der Waals surface area contributed by atoms with Crippen LogP contribution in [0.1, 0.15) is 12.8 Å². The maximum Gasteiger partial charge on any atom is 0.337 e. The van der Waals surface area contributed by atoms with Crippen molar-refractivity contribution in [1.29, 1.82) is 0 Å². The van der Waals surface area contributed by atoms with Crippen molar-refractivity contribution in [3.05, 3.63) is 11.8 Å². The Bertz CT molecular complexity index is 346. The highest BCUT2D eigenvalue weighted by molar-refractivity contribution is 5.92. The molecular formula is C11H14O5. The number of ether oxygens (including phenoxy) is 3. The molecule has 0 N–H and O–H groups in total. The van der Waals surface area contributed by atoms with Crippen LogP contribution in [0.15, 0.2) is 11.8 Å². The quantitative estimate of drug-likeness (QED) is 0.647. The summed E-state index contributed by atoms with van der Waals surface area (Å²) in [6, 6.07) is 0. The lowest BCUT2D eigenvalue weighted by Gasteiger charge is -2.31. The first-order chi connectivity index (χ1) is 7.67. The lowest BCUT2D eigenvalue weighted by Crippen LogP contribution is -2.34. The zero-order chi connectivity index (χ0) is 11.7. The van der Waals surface area contributed by atoms with Crippen LogP contribution in [0.25, 0.3) is 0 Å². The third kappa shape index (κ3) is 1.71. The van der Waals surface area contributed by atoms with E-state index >= 15 is 0 Å². The van der Waals surface area contributed by atoms with E-state index in [9.17, 15) is 9.59 Å². The van der Waals surface area contributed by atoms with Gasteiger partial charge in [-0.2, -0.15) is 0 Å². The minimum Gasteiger partial charge on any atom is -0.472 e. The van der Waals surface area contributed by atoms with E-state index in [1.165, 1.54) is 20.5 Å². The summed E-state index contributed by atoms with van der Waals surface area (Å²) in [4.78, 5) is 22.9. The normalized spacial score (nSPS) is 32.8. The summed E-state index contributed by atoms with van der Waals surface area (Å²) in [6.45, 7) is 0. The van der Waals surface area contributed by atoms with Gasteiger partial charge in [-0.1, -0.05) is 0 Å². The Kier molecular flexibility index (Phi) is 2.96. The fraction of sp³-hybridized carbons (Fsp3) is 0.636. The molecule has 0 bridgehead atoms. The molecule has 5 nitrogen and oxygen atoms in total. The summed E-state index contributed by atoms with van der Waals surface area (Å²) in [5, 5.41) is 0. The maximum absolute atomic E-state index is 11.5. The van der Waals surface area contributed by atoms with Crippen molar-refractivity contribution < 1.29 is 23.8 Å². The first-order valence-corrected chi connectivity index (χ1v) is 5.15. The number of ketones is 1. The van der Waals surface area contributed by atoms with Gasteiger partial charge in [0.1, 0.15) is 5.78 Å². The highest BCUT2D eigenvalue weighted by atomic mass is 16.7. The molecule has 1 aliphatic carbocycles. The van der Waals surface area contributed by atoms with Crippen molar-refractivity contribution in [1.82, 2.24) is 0 Å². The predicted octanol–water partition coefficient (Wildman–Crippen LogP) is 0.641. The van der Waals surface area contributed by atoms with Gasteiger partial charge in [-0.05, 0) is 0 Å². The van der Waals surface area contributed by atoms with Crippen LogP contribution in [0.2, 0.25) is 0 Å². The van der Waals surface area contributed by atoms with Gasteiger partial charge < -0.3 is 14.2 Å². The highest BCUT2D eigenvalue weighted by Gasteiger charge is 2.46. The summed E-state index contributed by atoms with van der Waals surface area (Å²) in [7, 11) is 2.85. The average Bonchev–Trinajstić information content (AvgIpc) is 2.67. The van der Waals surface area contributed by atoms with E-state index < -0.39 is 12.3 Å². The van der Waals surface area contributed by atoms with Crippen LogP contribution in [-0.2, 0) is 23.8 Å². The van der Waals surface area contributed by atoms with Crippen molar-refractivity contribution in [2.24, 2.45) is 11.8 Å². The van der Waals surface area contributed by atoms with E-state index in [-0.39, 0.29) is 17.6 Å². The lowest BCUT2D eigenvalue weighted by atomic mass is 9.87. The molecule has 0 aromatic rings. The Morgan fingerprint density at radius 1 is 1.44 bits per heavy atom. The molecule has 1 saturated carbocycles. The minimum atomic E-state index is -0.440. The predicted molar refractivity (Wildman–Crippen MR) is 53.2 cm³/mol. The average molecular weight is 226 g/mol. The Labute approximate surface area is 93.4 Å². The fourth-order valence-corrected chi connectivity index (χ4v) is 2.39. The molecule has 16 heavy (non-hydrogen) atoms. The Morgan fingerprint density at radius 2 is 2.19 bits per heavy atom. The SMILES string of the molecule is COC(=O)C1=CO[C@@H](OC)[C@@H]2CC(=O)C[C@H]12. The standard InChI is InChI=1S/C11H14O5/c1-14-10(13)9-5-16-11(15-2)8-4-6(12)3-7(8)9/h5,7-8,11H,3-4H2,1-2H3/t7-,8+,11+/m0/s1. The number of Topliss-reactive ketones (excluding diaryl/α,β-unsaturated/α-hetero) is 1. The zero-order valence-electron chi connectivity index (χ0n) is 9.26. The molecule has 0 aromatic heterocycles. The Balaban J connectivity index is 2.26. The van der Waals surface area contributed by atoms with E-state index in [0.717, 1.165) is 0 Å². The number of carbonyl (C=O) groups is 2. The molecule has 0 unspecified atom stereocenters. The number of rotatable bonds is 2. The van der Waals surface area contributed by atoms with Gasteiger partial charge in [-0.15, -0.1) is 0 Å². The van der Waals surface area contributed by atoms with E-state index in [0.29, 0.717) is 18.4 Å². The second-order valence-electron chi connectivity index (χ2n) is 4.02. The number of fused-ring (bicyclic) bond motifs is 1. The molecule has 0 spiro atoms. The molecule has 1 aliphatic heterocycles. The Hall–Kier alpha value is -1.36. The van der Waals surface area contributed by atoms with Crippen LogP contribution in [0.3, 0.4) is 0 Å². The number of esters is 1. The van der Waals surface area contributed by atoms with Crippen LogP contribution in [0.5, 0.6) is 0 Å². The number of carbonyl (C=O) groups excluding carboxylic acids is 2. The van der Waals surface area contributed by atoms with Gasteiger partial charge in [0.15, 0.2) is 0 Å². The van der Waals surface area contributed by atoms with E-state index in [1.54, 1.807) is 0 Å². The van der Waals surface area contributed by atoms with Gasteiger partial charge in [-0.25, -0.2) is 4.79 Å². The minimum absolute atomic E-state index is 0.0726. The molecule has 0 radical (unpaired) electrons. The van der Waals surface area contributed by atoms with Gasteiger partial charge in [0.05, 0.1) is 18.9 Å². The molecule has 1 fully saturated rings. The van der Waals surface area contributed by atoms with Gasteiger partial charge >= 0.3 is 5.97 Å². The third-order valence-electron chi connectivity index (χ3n) is 3.16. The van der Waals surface area contributed by atoms with E-state index in [2.05, 4.69) is 4.74 Å². The van der Waals surface area contributed by atoms with Crippen LogP contribution in [0, 0.1) is 11.8 Å². The monoisotopic (exact) mass is 226 g/mol. The summed E-state index contributed by atoms with van der Waals surface area (Å²) in [5.41, 5.74) is 0.437. The van der Waals surface area contributed by atoms with Gasteiger partial charge in [0, 0.05) is 31.8 Å². The first kappa shape index (κ1) is 11.1. The lowest BCUT2D eigenvalue weighted by molar-refractivity contribution is -0.149. The maximum atomic E-state index is 11.5. The Morgan fingerprint density at radius 3 is 2.81 bits per heavy atom. The third-order valence-corrected chi connectivity index (χ3v) is 3.16. The molecule has 0 saturated heterocycles. The number of hydrogen-bond donors (Lipinski definition) is 0. The fourth-order valence-electron chi connectivity index (χ4n) is 2.39. The molecule has 3 atom stereocenters. The van der Waals surface area contributed by atoms with Crippen molar-refractivity contribution in [2.75, 3.05) is 14.2 Å². The molecule has 88 valence electrons. The second-order valence-corrected chi connectivity index (χ2v) is 4.02. The summed E-state index contributed by atoms with van der Waals surface area (Å²) >= 11 is 0. The van der Waals surface area contributed by atoms with Crippen molar-refractivity contribution in [3.8, 4) is 0 Å². The largest absolute Gasteiger partial charge is 0.472 e. The van der Waals surface area contributed by atoms with E-state index in [4.69, 9.17) is 9.47 Å². The number of hydrogen-bond acceptors (Lipinski definition) is 5. The molecule has 2 aliphatic rings.